The van der Waals surface area contributed by atoms with Crippen molar-refractivity contribution in [2.75, 3.05) is 13.2 Å². The van der Waals surface area contributed by atoms with Gasteiger partial charge in [0.1, 0.15) is 31.0 Å². The summed E-state index contributed by atoms with van der Waals surface area (Å²) < 4.78 is 52.3. The van der Waals surface area contributed by atoms with Gasteiger partial charge in [-0.05, 0) is 64.2 Å². The molecule has 13 atom stereocenters. The standard InChI is InChI=1S/C49H86O19P2/c1-3-5-7-8-9-10-11-12-13-14-15-16-17-18-19-20-26-30-43(54)66-37-34-64-42(53)29-25-22-21-24-28-38-40(51)33-41(52)39(32-31-36(50)27-23-6-4-2)45(56)48(67-69(59,60)61)49(47(58)46(57)44(38)55)68-70(62,63)65-35-37/h9-10,12-13,21,24,31-32,36-41,44-52,55-58H,3-8,11,14-20,22-23,25-30,33-35H2,1-2H3,(H,62,63)(H2,59,60,61)/b10-9-,13-12-,24-21+,32-31+/t36-,37+,38-,39-,40-,41+,44+,45+,46-,47+,48+,49-/m0/s1. The van der Waals surface area contributed by atoms with Crippen LogP contribution in [0, 0.1) is 11.8 Å². The summed E-state index contributed by atoms with van der Waals surface area (Å²) in [5, 5.41) is 79.9. The van der Waals surface area contributed by atoms with Crippen molar-refractivity contribution in [2.45, 2.75) is 223 Å². The molecule has 10 N–H and O–H groups in total. The lowest BCUT2D eigenvalue weighted by molar-refractivity contribution is -0.165. The van der Waals surface area contributed by atoms with E-state index in [-0.39, 0.29) is 32.1 Å². The normalized spacial score (nSPS) is 31.5. The SMILES string of the molecule is CCCCC/C=C\C/C=C\CCCCCCCCCC(=O)O[C@@H]1COC(=O)CCC/C=C/C[C@@H]2[C@@H](O)[C@H](O)[C@@H](O)[C@H](OP(=O)(O)OC1)[C@H](OP(=O)(O)O)[C@H](O)[C@@H](/C=C/[C@@H](O)CCCCC)[C@H](O)C[C@@H]2O. The molecule has 70 heavy (non-hydrogen) atoms. The molecule has 0 aromatic carbocycles. The Labute approximate surface area is 414 Å². The Kier molecular flexibility index (Phi) is 32.8. The predicted molar refractivity (Wildman–Crippen MR) is 262 cm³/mol. The van der Waals surface area contributed by atoms with Gasteiger partial charge in [0, 0.05) is 31.1 Å². The van der Waals surface area contributed by atoms with Crippen LogP contribution in [0.25, 0.3) is 0 Å². The van der Waals surface area contributed by atoms with Crippen LogP contribution in [0.4, 0.5) is 0 Å². The van der Waals surface area contributed by atoms with Gasteiger partial charge in [-0.1, -0.05) is 127 Å². The molecule has 0 aromatic rings. The van der Waals surface area contributed by atoms with Crippen LogP contribution in [-0.4, -0.2) is 137 Å². The van der Waals surface area contributed by atoms with E-state index in [1.165, 1.54) is 31.4 Å². The van der Waals surface area contributed by atoms with Gasteiger partial charge in [-0.15, -0.1) is 0 Å². The third kappa shape index (κ3) is 27.2. The van der Waals surface area contributed by atoms with E-state index in [0.29, 0.717) is 19.3 Å². The first-order valence-electron chi connectivity index (χ1n) is 25.4. The molecule has 1 unspecified atom stereocenters. The molecule has 0 amide bonds. The second-order valence-corrected chi connectivity index (χ2v) is 21.1. The quantitative estimate of drug-likeness (QED) is 0.0203. The molecule has 0 radical (unpaired) electrons. The number of fused-ring (bicyclic) bond motifs is 4. The molecule has 406 valence electrons. The number of phosphoric acid groups is 2. The Morgan fingerprint density at radius 3 is 2.10 bits per heavy atom. The van der Waals surface area contributed by atoms with Crippen molar-refractivity contribution in [1.82, 2.24) is 0 Å². The van der Waals surface area contributed by atoms with Gasteiger partial charge in [-0.25, -0.2) is 9.13 Å². The maximum atomic E-state index is 13.8. The van der Waals surface area contributed by atoms with Crippen molar-refractivity contribution in [3.8, 4) is 0 Å². The number of hydrogen-bond acceptors (Lipinski definition) is 16. The van der Waals surface area contributed by atoms with E-state index in [0.717, 1.165) is 76.7 Å². The highest BCUT2D eigenvalue weighted by molar-refractivity contribution is 7.47. The summed E-state index contributed by atoms with van der Waals surface area (Å²) in [6.45, 7) is 2.55. The summed E-state index contributed by atoms with van der Waals surface area (Å²) in [6.07, 6.45) is 8.39. The lowest BCUT2D eigenvalue weighted by Crippen LogP contribution is -2.56. The third-order valence-electron chi connectivity index (χ3n) is 12.4. The average molecular weight is 1040 g/mol. The molecule has 0 aromatic heterocycles. The van der Waals surface area contributed by atoms with Gasteiger partial charge in [0.05, 0.1) is 37.1 Å². The number of aliphatic hydroxyl groups is 7. The summed E-state index contributed by atoms with van der Waals surface area (Å²) in [5.74, 6) is -4.54. The fourth-order valence-electron chi connectivity index (χ4n) is 8.34. The number of allylic oxidation sites excluding steroid dienone is 6. The van der Waals surface area contributed by atoms with E-state index in [1.54, 1.807) is 6.08 Å². The minimum absolute atomic E-state index is 0.0391. The number of hydrogen-bond donors (Lipinski definition) is 10. The van der Waals surface area contributed by atoms with Crippen LogP contribution in [0.5, 0.6) is 0 Å². The number of carbonyl (C=O) groups excluding carboxylic acids is 2. The number of phosphoric ester groups is 2. The Morgan fingerprint density at radius 1 is 0.814 bits per heavy atom. The number of ether oxygens (including phenoxy) is 2. The molecule has 1 fully saturated rings. The average Bonchev–Trinajstić information content (AvgIpc) is 3.30. The van der Waals surface area contributed by atoms with Crippen LogP contribution >= 0.6 is 15.6 Å². The van der Waals surface area contributed by atoms with Crippen molar-refractivity contribution in [3.05, 3.63) is 48.6 Å². The van der Waals surface area contributed by atoms with Crippen molar-refractivity contribution < 1.29 is 92.2 Å². The molecule has 2 bridgehead atoms. The highest BCUT2D eigenvalue weighted by Crippen LogP contribution is 2.50. The molecule has 1 saturated carbocycles. The molecule has 0 saturated heterocycles. The molecular weight excluding hydrogens is 954 g/mol. The fraction of sp³-hybridized carbons (Fsp3) is 0.796. The lowest BCUT2D eigenvalue weighted by atomic mass is 9.83. The van der Waals surface area contributed by atoms with Gasteiger partial charge < -0.3 is 59.9 Å². The maximum Gasteiger partial charge on any atom is 0.472 e. The molecule has 0 spiro atoms. The Hall–Kier alpha value is -2.16. The molecule has 19 nitrogen and oxygen atoms in total. The number of carbonyl (C=O) groups is 2. The first kappa shape index (κ1) is 64.0. The molecule has 21 heteroatoms. The zero-order valence-electron chi connectivity index (χ0n) is 41.3. The number of rotatable bonds is 25. The lowest BCUT2D eigenvalue weighted by Gasteiger charge is -2.38. The monoisotopic (exact) mass is 1040 g/mol. The van der Waals surface area contributed by atoms with Crippen LogP contribution in [0.15, 0.2) is 48.6 Å². The van der Waals surface area contributed by atoms with Crippen LogP contribution in [0.1, 0.15) is 162 Å². The third-order valence-corrected chi connectivity index (χ3v) is 13.9. The van der Waals surface area contributed by atoms with E-state index in [1.807, 2.05) is 6.92 Å². The first-order chi connectivity index (χ1) is 33.3. The zero-order valence-corrected chi connectivity index (χ0v) is 43.1. The number of cyclic esters (lactones) is 1. The Bertz CT molecular complexity index is 1650. The molecule has 2 aliphatic rings. The minimum atomic E-state index is -5.77. The van der Waals surface area contributed by atoms with Crippen molar-refractivity contribution in [3.63, 3.8) is 0 Å². The number of esters is 2. The van der Waals surface area contributed by atoms with Gasteiger partial charge in [0.25, 0.3) is 0 Å². The maximum absolute atomic E-state index is 13.8. The van der Waals surface area contributed by atoms with Crippen LogP contribution in [-0.2, 0) is 41.8 Å². The Morgan fingerprint density at radius 2 is 1.44 bits per heavy atom. The molecule has 2 rings (SSSR count). The molecule has 1 heterocycles. The predicted octanol–water partition coefficient (Wildman–Crippen LogP) is 6.44. The van der Waals surface area contributed by atoms with Crippen molar-refractivity contribution >= 4 is 27.6 Å². The van der Waals surface area contributed by atoms with Crippen molar-refractivity contribution in [2.24, 2.45) is 11.8 Å². The molecule has 1 aliphatic carbocycles. The van der Waals surface area contributed by atoms with Crippen LogP contribution < -0.4 is 0 Å². The van der Waals surface area contributed by atoms with E-state index >= 15 is 0 Å². The van der Waals surface area contributed by atoms with Crippen molar-refractivity contribution in [1.29, 1.82) is 0 Å². The Balaban J connectivity index is 2.29. The summed E-state index contributed by atoms with van der Waals surface area (Å²) >= 11 is 0. The van der Waals surface area contributed by atoms with Gasteiger partial charge in [-0.2, -0.15) is 0 Å². The van der Waals surface area contributed by atoms with E-state index in [9.17, 15) is 69.1 Å². The highest BCUT2D eigenvalue weighted by Gasteiger charge is 2.51. The van der Waals surface area contributed by atoms with E-state index < -0.39 is 120 Å². The minimum Gasteiger partial charge on any atom is -0.462 e. The number of unbranched alkanes of at least 4 members (excludes halogenated alkanes) is 12. The number of aliphatic hydroxyl groups excluding tert-OH is 7. The summed E-state index contributed by atoms with van der Waals surface area (Å²) in [4.78, 5) is 56.8. The van der Waals surface area contributed by atoms with E-state index in [2.05, 4.69) is 31.2 Å². The van der Waals surface area contributed by atoms with Crippen LogP contribution in [0.2, 0.25) is 0 Å². The summed E-state index contributed by atoms with van der Waals surface area (Å²) in [5.41, 5.74) is 0. The van der Waals surface area contributed by atoms with Gasteiger partial charge in [0.15, 0.2) is 6.10 Å². The van der Waals surface area contributed by atoms with Gasteiger partial charge in [0.2, 0.25) is 0 Å². The summed E-state index contributed by atoms with van der Waals surface area (Å²) in [6, 6.07) is 0. The molecular formula is C49H86O19P2. The largest absolute Gasteiger partial charge is 0.472 e. The smallest absolute Gasteiger partial charge is 0.462 e. The van der Waals surface area contributed by atoms with Crippen LogP contribution in [0.3, 0.4) is 0 Å². The van der Waals surface area contributed by atoms with E-state index in [4.69, 9.17) is 23.0 Å². The highest BCUT2D eigenvalue weighted by atomic mass is 31.2. The molecule has 1 aliphatic heterocycles. The van der Waals surface area contributed by atoms with Gasteiger partial charge in [-0.3, -0.25) is 23.2 Å². The fourth-order valence-corrected chi connectivity index (χ4v) is 9.87. The summed E-state index contributed by atoms with van der Waals surface area (Å²) in [7, 11) is -11.5. The first-order valence-corrected chi connectivity index (χ1v) is 28.5. The van der Waals surface area contributed by atoms with Gasteiger partial charge >= 0.3 is 27.6 Å². The zero-order chi connectivity index (χ0) is 52.0. The topological polar surface area (TPSA) is 317 Å². The second kappa shape index (κ2) is 35.9. The second-order valence-electron chi connectivity index (χ2n) is 18.5.